The van der Waals surface area contributed by atoms with Crippen molar-refractivity contribution >= 4 is 23.5 Å². The van der Waals surface area contributed by atoms with Crippen molar-refractivity contribution in [1.82, 2.24) is 4.90 Å². The van der Waals surface area contributed by atoms with Gasteiger partial charge in [-0.25, -0.2) is 0 Å². The zero-order valence-corrected chi connectivity index (χ0v) is 14.9. The highest BCUT2D eigenvalue weighted by molar-refractivity contribution is 5.97. The quantitative estimate of drug-likeness (QED) is 0.848. The third-order valence-electron chi connectivity index (χ3n) is 6.04. The van der Waals surface area contributed by atoms with Gasteiger partial charge in [0.25, 0.3) is 5.91 Å². The molecule has 2 N–H and O–H groups in total. The Morgan fingerprint density at radius 2 is 1.73 bits per heavy atom. The number of carbonyl (C=O) groups excluding carboxylic acids is 2. The van der Waals surface area contributed by atoms with Gasteiger partial charge in [-0.3, -0.25) is 14.4 Å². The number of nitrogens with one attached hydrogen (secondary N) is 1. The second kappa shape index (κ2) is 6.41. The summed E-state index contributed by atoms with van der Waals surface area (Å²) in [4.78, 5) is 37.9. The van der Waals surface area contributed by atoms with Gasteiger partial charge in [0, 0.05) is 30.3 Å². The van der Waals surface area contributed by atoms with Crippen LogP contribution in [0, 0.1) is 29.6 Å². The molecule has 2 amide bonds. The van der Waals surface area contributed by atoms with Crippen LogP contribution in [0.25, 0.3) is 0 Å². The van der Waals surface area contributed by atoms with Crippen molar-refractivity contribution in [2.24, 2.45) is 29.6 Å². The number of amides is 2. The number of aliphatic carboxylic acids is 1. The van der Waals surface area contributed by atoms with Crippen LogP contribution in [0.3, 0.4) is 0 Å². The molecule has 6 heteroatoms. The van der Waals surface area contributed by atoms with Crippen molar-refractivity contribution in [3.8, 4) is 0 Å². The number of carboxylic acid groups (broad SMARTS) is 1. The number of hydrogen-bond acceptors (Lipinski definition) is 3. The molecular formula is C20H24N2O4. The Balaban J connectivity index is 1.40. The lowest BCUT2D eigenvalue weighted by atomic mass is 9.92. The molecule has 1 aromatic carbocycles. The van der Waals surface area contributed by atoms with Gasteiger partial charge in [0.15, 0.2) is 0 Å². The van der Waals surface area contributed by atoms with Gasteiger partial charge in [-0.05, 0) is 61.3 Å². The topological polar surface area (TPSA) is 86.7 Å². The Labute approximate surface area is 152 Å². The first-order valence-electron chi connectivity index (χ1n) is 9.37. The molecule has 1 heterocycles. The van der Waals surface area contributed by atoms with Gasteiger partial charge in [0.05, 0.1) is 5.92 Å². The molecule has 0 spiro atoms. The Bertz CT molecular complexity index is 741. The molecule has 1 saturated heterocycles. The predicted octanol–water partition coefficient (Wildman–Crippen LogP) is 2.46. The van der Waals surface area contributed by atoms with Crippen molar-refractivity contribution in [3.05, 3.63) is 29.8 Å². The minimum Gasteiger partial charge on any atom is -0.481 e. The first-order chi connectivity index (χ1) is 12.4. The monoisotopic (exact) mass is 356 g/mol. The zero-order valence-electron chi connectivity index (χ0n) is 14.9. The van der Waals surface area contributed by atoms with Crippen LogP contribution >= 0.6 is 0 Å². The van der Waals surface area contributed by atoms with Crippen molar-refractivity contribution in [3.63, 3.8) is 0 Å². The molecule has 4 atom stereocenters. The summed E-state index contributed by atoms with van der Waals surface area (Å²) >= 11 is 0. The van der Waals surface area contributed by atoms with Crippen LogP contribution in [-0.4, -0.2) is 40.9 Å². The van der Waals surface area contributed by atoms with Crippen LogP contribution in [0.4, 0.5) is 5.69 Å². The predicted molar refractivity (Wildman–Crippen MR) is 95.6 cm³/mol. The number of carbonyl (C=O) groups is 3. The van der Waals surface area contributed by atoms with E-state index in [2.05, 4.69) is 12.2 Å². The maximum Gasteiger partial charge on any atom is 0.308 e. The second-order valence-corrected chi connectivity index (χ2v) is 8.04. The summed E-state index contributed by atoms with van der Waals surface area (Å²) in [6.07, 6.45) is 3.08. The normalized spacial score (nSPS) is 30.1. The minimum atomic E-state index is -0.801. The summed E-state index contributed by atoms with van der Waals surface area (Å²) in [6, 6.07) is 6.88. The van der Waals surface area contributed by atoms with E-state index in [1.54, 1.807) is 29.2 Å². The van der Waals surface area contributed by atoms with E-state index in [9.17, 15) is 19.5 Å². The van der Waals surface area contributed by atoms with Gasteiger partial charge in [-0.2, -0.15) is 0 Å². The average molecular weight is 356 g/mol. The molecule has 6 nitrogen and oxygen atoms in total. The minimum absolute atomic E-state index is 0.0349. The molecule has 138 valence electrons. The van der Waals surface area contributed by atoms with Gasteiger partial charge in [0.2, 0.25) is 5.91 Å². The highest BCUT2D eigenvalue weighted by Gasteiger charge is 2.47. The summed E-state index contributed by atoms with van der Waals surface area (Å²) in [7, 11) is 0. The maximum atomic E-state index is 12.7. The lowest BCUT2D eigenvalue weighted by Crippen LogP contribution is -2.29. The maximum absolute atomic E-state index is 12.7. The molecule has 2 saturated carbocycles. The van der Waals surface area contributed by atoms with Crippen LogP contribution in [0.2, 0.25) is 0 Å². The number of rotatable bonds is 5. The molecular weight excluding hydrogens is 332 g/mol. The molecule has 26 heavy (non-hydrogen) atoms. The van der Waals surface area contributed by atoms with E-state index in [4.69, 9.17) is 0 Å². The molecule has 3 fully saturated rings. The van der Waals surface area contributed by atoms with Crippen LogP contribution in [0.5, 0.6) is 0 Å². The third-order valence-corrected chi connectivity index (χ3v) is 6.04. The summed E-state index contributed by atoms with van der Waals surface area (Å²) < 4.78 is 0. The summed E-state index contributed by atoms with van der Waals surface area (Å²) in [5.74, 6) is -0.261. The van der Waals surface area contributed by atoms with E-state index >= 15 is 0 Å². The fraction of sp³-hybridized carbons (Fsp3) is 0.550. The van der Waals surface area contributed by atoms with E-state index in [0.29, 0.717) is 29.6 Å². The van der Waals surface area contributed by atoms with Crippen LogP contribution in [0.1, 0.15) is 36.5 Å². The fourth-order valence-electron chi connectivity index (χ4n) is 4.06. The van der Waals surface area contributed by atoms with Crippen molar-refractivity contribution < 1.29 is 19.5 Å². The Morgan fingerprint density at radius 3 is 2.27 bits per heavy atom. The van der Waals surface area contributed by atoms with Crippen molar-refractivity contribution in [2.75, 3.05) is 18.4 Å². The standard InChI is InChI=1S/C20H24N2O4/c1-11-8-15(11)18(23)21-14-6-4-13(5-7-14)19(24)22-9-16(12-2-3-12)17(10-22)20(25)26/h4-7,11-12,15-17H,2-3,8-10H2,1H3,(H,21,23)(H,25,26)/t11?,15?,16-,17+/m1/s1. The van der Waals surface area contributed by atoms with E-state index in [1.165, 1.54) is 0 Å². The number of carboxylic acids is 1. The van der Waals surface area contributed by atoms with Crippen LogP contribution in [-0.2, 0) is 9.59 Å². The highest BCUT2D eigenvalue weighted by atomic mass is 16.4. The molecule has 2 aliphatic carbocycles. The fourth-order valence-corrected chi connectivity index (χ4v) is 4.06. The van der Waals surface area contributed by atoms with Gasteiger partial charge in [-0.15, -0.1) is 0 Å². The van der Waals surface area contributed by atoms with Gasteiger partial charge >= 0.3 is 5.97 Å². The van der Waals surface area contributed by atoms with Crippen LogP contribution in [0.15, 0.2) is 24.3 Å². The van der Waals surface area contributed by atoms with Gasteiger partial charge in [-0.1, -0.05) is 6.92 Å². The van der Waals surface area contributed by atoms with Gasteiger partial charge in [0.1, 0.15) is 0 Å². The average Bonchev–Trinajstić information content (AvgIpc) is 3.54. The summed E-state index contributed by atoms with van der Waals surface area (Å²) in [6.45, 7) is 2.87. The molecule has 0 bridgehead atoms. The number of anilines is 1. The van der Waals surface area contributed by atoms with E-state index in [0.717, 1.165) is 19.3 Å². The SMILES string of the molecule is CC1CC1C(=O)Nc1ccc(C(=O)N2C[C@H](C(=O)O)[C@@H](C3CC3)C2)cc1. The van der Waals surface area contributed by atoms with E-state index < -0.39 is 11.9 Å². The molecule has 1 aromatic rings. The van der Waals surface area contributed by atoms with Crippen molar-refractivity contribution in [2.45, 2.75) is 26.2 Å². The van der Waals surface area contributed by atoms with E-state index in [-0.39, 0.29) is 30.2 Å². The number of hydrogen-bond donors (Lipinski definition) is 2. The first-order valence-corrected chi connectivity index (χ1v) is 9.37. The number of nitrogens with zero attached hydrogens (tertiary/aromatic N) is 1. The molecule has 2 unspecified atom stereocenters. The van der Waals surface area contributed by atoms with Crippen LogP contribution < -0.4 is 5.32 Å². The summed E-state index contributed by atoms with van der Waals surface area (Å²) in [5.41, 5.74) is 1.22. The highest BCUT2D eigenvalue weighted by Crippen LogP contribution is 2.44. The Morgan fingerprint density at radius 1 is 1.08 bits per heavy atom. The van der Waals surface area contributed by atoms with Gasteiger partial charge < -0.3 is 15.3 Å². The first kappa shape index (κ1) is 17.1. The molecule has 0 radical (unpaired) electrons. The molecule has 3 aliphatic rings. The number of benzene rings is 1. The van der Waals surface area contributed by atoms with E-state index in [1.807, 2.05) is 0 Å². The largest absolute Gasteiger partial charge is 0.481 e. The lowest BCUT2D eigenvalue weighted by Gasteiger charge is -2.16. The Kier molecular flexibility index (Phi) is 4.21. The number of likely N-dealkylation sites (tertiary alicyclic amines) is 1. The molecule has 1 aliphatic heterocycles. The lowest BCUT2D eigenvalue weighted by molar-refractivity contribution is -0.142. The zero-order chi connectivity index (χ0) is 18.4. The third kappa shape index (κ3) is 3.32. The summed E-state index contributed by atoms with van der Waals surface area (Å²) in [5, 5.41) is 12.3. The van der Waals surface area contributed by atoms with Crippen molar-refractivity contribution in [1.29, 1.82) is 0 Å². The molecule has 0 aromatic heterocycles. The smallest absolute Gasteiger partial charge is 0.308 e. The molecule has 4 rings (SSSR count). The second-order valence-electron chi connectivity index (χ2n) is 8.04. The Hall–Kier alpha value is -2.37.